The molecule has 0 aromatic carbocycles. The summed E-state index contributed by atoms with van der Waals surface area (Å²) < 4.78 is 9.85. The number of rotatable bonds is 6. The standard InChI is InChI=1S/C16H25NO3/c1-12-3-5-13(6-4-12)7-9-17-11-14-8-10-20-15(14)16(18)19-2/h8,10,12-13,17H,3-7,9,11H2,1-2H3. The predicted molar refractivity (Wildman–Crippen MR) is 77.5 cm³/mol. The van der Waals surface area contributed by atoms with Gasteiger partial charge in [-0.15, -0.1) is 0 Å². The SMILES string of the molecule is COC(=O)c1occc1CNCCC1CCC(C)CC1. The van der Waals surface area contributed by atoms with Crippen molar-refractivity contribution in [2.45, 2.75) is 45.6 Å². The monoisotopic (exact) mass is 279 g/mol. The molecule has 1 aliphatic rings. The van der Waals surface area contributed by atoms with Crippen molar-refractivity contribution in [2.75, 3.05) is 13.7 Å². The maximum Gasteiger partial charge on any atom is 0.374 e. The van der Waals surface area contributed by atoms with Crippen molar-refractivity contribution in [3.63, 3.8) is 0 Å². The molecule has 1 saturated carbocycles. The number of esters is 1. The van der Waals surface area contributed by atoms with Gasteiger partial charge in [0.2, 0.25) is 5.76 Å². The van der Waals surface area contributed by atoms with Crippen LogP contribution >= 0.6 is 0 Å². The Kier molecular flexibility index (Phi) is 5.65. The summed E-state index contributed by atoms with van der Waals surface area (Å²) in [5.74, 6) is 1.68. The smallest absolute Gasteiger partial charge is 0.374 e. The van der Waals surface area contributed by atoms with Crippen LogP contribution in [0.25, 0.3) is 0 Å². The van der Waals surface area contributed by atoms with Crippen LogP contribution < -0.4 is 5.32 Å². The van der Waals surface area contributed by atoms with Gasteiger partial charge in [-0.05, 0) is 30.9 Å². The number of furan rings is 1. The van der Waals surface area contributed by atoms with E-state index >= 15 is 0 Å². The normalized spacial score (nSPS) is 22.7. The average Bonchev–Trinajstić information content (AvgIpc) is 2.93. The Balaban J connectivity index is 1.68. The molecule has 0 spiro atoms. The summed E-state index contributed by atoms with van der Waals surface area (Å²) in [5.41, 5.74) is 0.870. The van der Waals surface area contributed by atoms with Gasteiger partial charge in [-0.3, -0.25) is 0 Å². The number of ether oxygens (including phenoxy) is 1. The van der Waals surface area contributed by atoms with E-state index in [9.17, 15) is 4.79 Å². The molecule has 1 fully saturated rings. The van der Waals surface area contributed by atoms with Gasteiger partial charge in [-0.25, -0.2) is 4.79 Å². The van der Waals surface area contributed by atoms with Gasteiger partial charge < -0.3 is 14.5 Å². The van der Waals surface area contributed by atoms with Crippen LogP contribution in [0.1, 0.15) is 55.1 Å². The van der Waals surface area contributed by atoms with E-state index in [4.69, 9.17) is 4.42 Å². The molecule has 1 aromatic rings. The minimum atomic E-state index is -0.409. The van der Waals surface area contributed by atoms with Crippen LogP contribution in [0.5, 0.6) is 0 Å². The molecule has 1 aliphatic carbocycles. The van der Waals surface area contributed by atoms with Crippen LogP contribution in [-0.2, 0) is 11.3 Å². The van der Waals surface area contributed by atoms with Crippen LogP contribution in [0, 0.1) is 11.8 Å². The number of hydrogen-bond donors (Lipinski definition) is 1. The van der Waals surface area contributed by atoms with Crippen molar-refractivity contribution in [1.82, 2.24) is 5.32 Å². The number of methoxy groups -OCH3 is 1. The van der Waals surface area contributed by atoms with Crippen LogP contribution in [0.3, 0.4) is 0 Å². The van der Waals surface area contributed by atoms with E-state index in [-0.39, 0.29) is 0 Å². The fourth-order valence-electron chi connectivity index (χ4n) is 2.89. The molecule has 0 unspecified atom stereocenters. The van der Waals surface area contributed by atoms with E-state index < -0.39 is 5.97 Å². The van der Waals surface area contributed by atoms with Crippen molar-refractivity contribution in [1.29, 1.82) is 0 Å². The maximum atomic E-state index is 11.5. The lowest BCUT2D eigenvalue weighted by Crippen LogP contribution is -2.21. The lowest BCUT2D eigenvalue weighted by Gasteiger charge is -2.26. The van der Waals surface area contributed by atoms with Crippen molar-refractivity contribution in [3.8, 4) is 0 Å². The third-order valence-electron chi connectivity index (χ3n) is 4.30. The Morgan fingerprint density at radius 2 is 2.15 bits per heavy atom. The first-order valence-electron chi connectivity index (χ1n) is 7.56. The zero-order valence-electron chi connectivity index (χ0n) is 12.5. The van der Waals surface area contributed by atoms with Crippen LogP contribution in [0.15, 0.2) is 16.7 Å². The molecular formula is C16H25NO3. The van der Waals surface area contributed by atoms with Gasteiger partial charge in [0.1, 0.15) is 0 Å². The Labute approximate surface area is 120 Å². The quantitative estimate of drug-likeness (QED) is 0.640. The fourth-order valence-corrected chi connectivity index (χ4v) is 2.89. The summed E-state index contributed by atoms with van der Waals surface area (Å²) in [6.45, 7) is 4.00. The molecule has 1 N–H and O–H groups in total. The molecule has 2 rings (SSSR count). The Morgan fingerprint density at radius 3 is 2.85 bits per heavy atom. The van der Waals surface area contributed by atoms with Crippen LogP contribution in [0.2, 0.25) is 0 Å². The highest BCUT2D eigenvalue weighted by Crippen LogP contribution is 2.29. The second kappa shape index (κ2) is 7.48. The molecule has 4 nitrogen and oxygen atoms in total. The lowest BCUT2D eigenvalue weighted by molar-refractivity contribution is 0.0563. The molecule has 1 aromatic heterocycles. The Morgan fingerprint density at radius 1 is 1.40 bits per heavy atom. The van der Waals surface area contributed by atoms with E-state index in [0.717, 1.165) is 23.9 Å². The fraction of sp³-hybridized carbons (Fsp3) is 0.688. The number of carbonyl (C=O) groups is 1. The molecule has 1 heterocycles. The molecule has 112 valence electrons. The van der Waals surface area contributed by atoms with Crippen molar-refractivity contribution in [3.05, 3.63) is 23.7 Å². The van der Waals surface area contributed by atoms with Crippen LogP contribution in [0.4, 0.5) is 0 Å². The summed E-state index contributed by atoms with van der Waals surface area (Å²) in [6.07, 6.45) is 8.23. The minimum Gasteiger partial charge on any atom is -0.463 e. The molecule has 0 saturated heterocycles. The largest absolute Gasteiger partial charge is 0.463 e. The molecular weight excluding hydrogens is 254 g/mol. The third kappa shape index (κ3) is 4.10. The zero-order valence-corrected chi connectivity index (χ0v) is 12.5. The van der Waals surface area contributed by atoms with Gasteiger partial charge in [0.25, 0.3) is 0 Å². The van der Waals surface area contributed by atoms with Gasteiger partial charge in [0.15, 0.2) is 0 Å². The predicted octanol–water partition coefficient (Wildman–Crippen LogP) is 3.37. The average molecular weight is 279 g/mol. The summed E-state index contributed by atoms with van der Waals surface area (Å²) in [6, 6.07) is 1.82. The Hall–Kier alpha value is -1.29. The van der Waals surface area contributed by atoms with Crippen molar-refractivity contribution in [2.24, 2.45) is 11.8 Å². The topological polar surface area (TPSA) is 51.5 Å². The van der Waals surface area contributed by atoms with Gasteiger partial charge in [0.05, 0.1) is 13.4 Å². The van der Waals surface area contributed by atoms with E-state index in [1.807, 2.05) is 6.07 Å². The highest BCUT2D eigenvalue weighted by Gasteiger charge is 2.18. The first-order chi connectivity index (χ1) is 9.70. The van der Waals surface area contributed by atoms with E-state index in [0.29, 0.717) is 12.3 Å². The maximum absolute atomic E-state index is 11.5. The molecule has 4 heteroatoms. The number of carbonyl (C=O) groups excluding carboxylic acids is 1. The first kappa shape index (κ1) is 15.1. The first-order valence-corrected chi connectivity index (χ1v) is 7.56. The van der Waals surface area contributed by atoms with Gasteiger partial charge >= 0.3 is 5.97 Å². The number of nitrogens with one attached hydrogen (secondary N) is 1. The molecule has 0 aliphatic heterocycles. The van der Waals surface area contributed by atoms with E-state index in [2.05, 4.69) is 17.0 Å². The van der Waals surface area contributed by atoms with Gasteiger partial charge in [-0.1, -0.05) is 32.6 Å². The second-order valence-corrected chi connectivity index (χ2v) is 5.86. The molecule has 20 heavy (non-hydrogen) atoms. The van der Waals surface area contributed by atoms with E-state index in [1.54, 1.807) is 0 Å². The van der Waals surface area contributed by atoms with Crippen molar-refractivity contribution >= 4 is 5.97 Å². The molecule has 0 amide bonds. The van der Waals surface area contributed by atoms with Gasteiger partial charge in [-0.2, -0.15) is 0 Å². The Bertz CT molecular complexity index is 419. The van der Waals surface area contributed by atoms with Gasteiger partial charge in [0, 0.05) is 12.1 Å². The van der Waals surface area contributed by atoms with E-state index in [1.165, 1.54) is 45.5 Å². The number of hydrogen-bond acceptors (Lipinski definition) is 4. The lowest BCUT2D eigenvalue weighted by atomic mass is 9.81. The van der Waals surface area contributed by atoms with Crippen LogP contribution in [-0.4, -0.2) is 19.6 Å². The highest BCUT2D eigenvalue weighted by molar-refractivity contribution is 5.87. The molecule has 0 atom stereocenters. The summed E-state index contributed by atoms with van der Waals surface area (Å²) in [7, 11) is 1.37. The highest BCUT2D eigenvalue weighted by atomic mass is 16.5. The minimum absolute atomic E-state index is 0.312. The summed E-state index contributed by atoms with van der Waals surface area (Å²) in [5, 5.41) is 3.40. The molecule has 0 radical (unpaired) electrons. The van der Waals surface area contributed by atoms with Crippen molar-refractivity contribution < 1.29 is 13.9 Å². The summed E-state index contributed by atoms with van der Waals surface area (Å²) >= 11 is 0. The second-order valence-electron chi connectivity index (χ2n) is 5.86. The third-order valence-corrected chi connectivity index (χ3v) is 4.30. The summed E-state index contributed by atoms with van der Waals surface area (Å²) in [4.78, 5) is 11.5. The zero-order chi connectivity index (χ0) is 14.4. The molecule has 0 bridgehead atoms.